The molecule has 9 heteroatoms. The van der Waals surface area contributed by atoms with E-state index in [1.807, 2.05) is 31.2 Å². The number of nitrogens with one attached hydrogen (secondary N) is 2. The van der Waals surface area contributed by atoms with Crippen molar-refractivity contribution in [3.8, 4) is 5.69 Å². The summed E-state index contributed by atoms with van der Waals surface area (Å²) in [5.74, 6) is -0.0470. The van der Waals surface area contributed by atoms with E-state index >= 15 is 0 Å². The van der Waals surface area contributed by atoms with Crippen molar-refractivity contribution in [1.29, 1.82) is 0 Å². The van der Waals surface area contributed by atoms with Crippen LogP contribution >= 0.6 is 23.4 Å². The van der Waals surface area contributed by atoms with Crippen LogP contribution in [-0.4, -0.2) is 31.4 Å². The van der Waals surface area contributed by atoms with Gasteiger partial charge in [0.05, 0.1) is 23.7 Å². The molecule has 7 nitrogen and oxygen atoms in total. The smallest absolute Gasteiger partial charge is 0.262 e. The highest BCUT2D eigenvalue weighted by molar-refractivity contribution is 7.99. The number of thioether (sulfide) groups is 1. The van der Waals surface area contributed by atoms with Crippen molar-refractivity contribution in [2.75, 3.05) is 5.75 Å². The lowest BCUT2D eigenvalue weighted by Gasteiger charge is -2.15. The van der Waals surface area contributed by atoms with Crippen LogP contribution in [0, 0.1) is 0 Å². The number of rotatable bonds is 6. The van der Waals surface area contributed by atoms with Crippen molar-refractivity contribution in [3.63, 3.8) is 0 Å². The first-order chi connectivity index (χ1) is 16.5. The lowest BCUT2D eigenvalue weighted by atomic mass is 10.0. The van der Waals surface area contributed by atoms with E-state index in [-0.39, 0.29) is 23.3 Å². The average molecular weight is 490 g/mol. The van der Waals surface area contributed by atoms with E-state index in [1.54, 1.807) is 22.9 Å². The SMILES string of the molecule is CC(NC(=O)CSc1nc2c(cnn2-c2cccc(Cl)c2)c(=O)[nH]1)c1ccc2ccccc2c1. The maximum atomic E-state index is 12.6. The highest BCUT2D eigenvalue weighted by Gasteiger charge is 2.15. The Bertz CT molecular complexity index is 1580. The summed E-state index contributed by atoms with van der Waals surface area (Å²) in [5, 5.41) is 10.8. The van der Waals surface area contributed by atoms with E-state index in [2.05, 4.69) is 44.6 Å². The molecule has 1 amide bonds. The number of hydrogen-bond donors (Lipinski definition) is 2. The minimum Gasteiger partial charge on any atom is -0.349 e. The fourth-order valence-corrected chi connectivity index (χ4v) is 4.59. The van der Waals surface area contributed by atoms with Crippen LogP contribution < -0.4 is 10.9 Å². The van der Waals surface area contributed by atoms with Crippen molar-refractivity contribution < 1.29 is 4.79 Å². The Morgan fingerprint density at radius 3 is 2.76 bits per heavy atom. The fourth-order valence-electron chi connectivity index (χ4n) is 3.74. The van der Waals surface area contributed by atoms with Crippen LogP contribution in [0.3, 0.4) is 0 Å². The number of hydrogen-bond acceptors (Lipinski definition) is 5. The van der Waals surface area contributed by atoms with Crippen LogP contribution in [0.2, 0.25) is 5.02 Å². The van der Waals surface area contributed by atoms with Crippen molar-refractivity contribution >= 4 is 51.1 Å². The standard InChI is InChI=1S/C25H20ClN5O2S/c1-15(17-10-9-16-5-2-3-6-18(16)11-17)28-22(32)14-34-25-29-23-21(24(33)30-25)13-27-31(23)20-8-4-7-19(26)12-20/h2-13,15H,14H2,1H3,(H,28,32)(H,29,30,33). The first kappa shape index (κ1) is 22.2. The zero-order valence-electron chi connectivity index (χ0n) is 18.2. The summed E-state index contributed by atoms with van der Waals surface area (Å²) in [7, 11) is 0. The van der Waals surface area contributed by atoms with Gasteiger partial charge in [-0.2, -0.15) is 5.10 Å². The predicted octanol–water partition coefficient (Wildman–Crippen LogP) is 4.88. The predicted molar refractivity (Wildman–Crippen MR) is 136 cm³/mol. The summed E-state index contributed by atoms with van der Waals surface area (Å²) >= 11 is 7.26. The maximum Gasteiger partial charge on any atom is 0.262 e. The van der Waals surface area contributed by atoms with Crippen molar-refractivity contribution in [2.24, 2.45) is 0 Å². The normalized spacial score (nSPS) is 12.2. The second kappa shape index (κ2) is 9.32. The monoisotopic (exact) mass is 489 g/mol. The largest absolute Gasteiger partial charge is 0.349 e. The zero-order chi connectivity index (χ0) is 23.7. The number of aromatic nitrogens is 4. The molecule has 1 atom stereocenters. The van der Waals surface area contributed by atoms with Gasteiger partial charge in [-0.25, -0.2) is 9.67 Å². The maximum absolute atomic E-state index is 12.6. The van der Waals surface area contributed by atoms with Crippen LogP contribution in [0.1, 0.15) is 18.5 Å². The van der Waals surface area contributed by atoms with Crippen LogP contribution in [-0.2, 0) is 4.79 Å². The number of aromatic amines is 1. The van der Waals surface area contributed by atoms with Crippen molar-refractivity contribution in [1.82, 2.24) is 25.1 Å². The molecule has 0 aliphatic heterocycles. The molecule has 3 aromatic carbocycles. The van der Waals surface area contributed by atoms with Gasteiger partial charge in [0.15, 0.2) is 10.8 Å². The topological polar surface area (TPSA) is 92.7 Å². The van der Waals surface area contributed by atoms with Crippen molar-refractivity contribution in [2.45, 2.75) is 18.1 Å². The summed E-state index contributed by atoms with van der Waals surface area (Å²) in [6.45, 7) is 1.95. The zero-order valence-corrected chi connectivity index (χ0v) is 19.7. The van der Waals surface area contributed by atoms with E-state index in [9.17, 15) is 9.59 Å². The Morgan fingerprint density at radius 2 is 1.94 bits per heavy atom. The summed E-state index contributed by atoms with van der Waals surface area (Å²) < 4.78 is 1.56. The first-order valence-electron chi connectivity index (χ1n) is 10.6. The van der Waals surface area contributed by atoms with Gasteiger partial charge in [-0.3, -0.25) is 9.59 Å². The summed E-state index contributed by atoms with van der Waals surface area (Å²) in [6, 6.07) is 21.2. The van der Waals surface area contributed by atoms with E-state index in [1.165, 1.54) is 6.20 Å². The van der Waals surface area contributed by atoms with Gasteiger partial charge >= 0.3 is 0 Å². The molecule has 0 aliphatic carbocycles. The average Bonchev–Trinajstić information content (AvgIpc) is 3.27. The Hall–Kier alpha value is -3.62. The summed E-state index contributed by atoms with van der Waals surface area (Å²) in [4.78, 5) is 32.4. The van der Waals surface area contributed by atoms with Gasteiger partial charge in [0.2, 0.25) is 5.91 Å². The molecule has 2 aromatic heterocycles. The molecule has 0 aliphatic rings. The van der Waals surface area contributed by atoms with Gasteiger partial charge in [0, 0.05) is 5.02 Å². The minimum atomic E-state index is -0.314. The molecule has 1 unspecified atom stereocenters. The Kier molecular flexibility index (Phi) is 6.08. The lowest BCUT2D eigenvalue weighted by molar-refractivity contribution is -0.119. The molecule has 0 saturated heterocycles. The summed E-state index contributed by atoms with van der Waals surface area (Å²) in [6.07, 6.45) is 1.47. The molecule has 2 N–H and O–H groups in total. The minimum absolute atomic E-state index is 0.109. The van der Waals surface area contributed by atoms with Gasteiger partial charge in [-0.15, -0.1) is 0 Å². The number of carbonyl (C=O) groups is 1. The fraction of sp³-hybridized carbons (Fsp3) is 0.120. The number of nitrogens with zero attached hydrogens (tertiary/aromatic N) is 3. The van der Waals surface area contributed by atoms with E-state index in [4.69, 9.17) is 11.6 Å². The molecule has 0 saturated carbocycles. The lowest BCUT2D eigenvalue weighted by Crippen LogP contribution is -2.28. The van der Waals surface area contributed by atoms with E-state index < -0.39 is 0 Å². The van der Waals surface area contributed by atoms with E-state index in [0.29, 0.717) is 26.9 Å². The number of fused-ring (bicyclic) bond motifs is 2. The van der Waals surface area contributed by atoms with Crippen LogP contribution in [0.5, 0.6) is 0 Å². The molecule has 34 heavy (non-hydrogen) atoms. The molecule has 5 aromatic rings. The summed E-state index contributed by atoms with van der Waals surface area (Å²) in [5.41, 5.74) is 1.80. The third kappa shape index (κ3) is 4.55. The molecular formula is C25H20ClN5O2S. The third-order valence-electron chi connectivity index (χ3n) is 5.46. The Balaban J connectivity index is 1.30. The number of halogens is 1. The van der Waals surface area contributed by atoms with Crippen LogP contribution in [0.15, 0.2) is 82.9 Å². The molecular weight excluding hydrogens is 470 g/mol. The Morgan fingerprint density at radius 1 is 1.12 bits per heavy atom. The van der Waals surface area contributed by atoms with Gasteiger partial charge < -0.3 is 10.3 Å². The molecule has 0 fully saturated rings. The van der Waals surface area contributed by atoms with Crippen LogP contribution in [0.25, 0.3) is 27.5 Å². The number of H-pyrrole nitrogens is 1. The second-order valence-electron chi connectivity index (χ2n) is 7.83. The van der Waals surface area contributed by atoms with Gasteiger partial charge in [0.25, 0.3) is 5.56 Å². The van der Waals surface area contributed by atoms with Crippen LogP contribution in [0.4, 0.5) is 0 Å². The van der Waals surface area contributed by atoms with Gasteiger partial charge in [-0.05, 0) is 47.5 Å². The van der Waals surface area contributed by atoms with Gasteiger partial charge in [0.1, 0.15) is 5.39 Å². The molecule has 170 valence electrons. The highest BCUT2D eigenvalue weighted by Crippen LogP contribution is 2.22. The first-order valence-corrected chi connectivity index (χ1v) is 12.0. The second-order valence-corrected chi connectivity index (χ2v) is 9.23. The Labute approximate surface area is 204 Å². The number of carbonyl (C=O) groups excluding carboxylic acids is 1. The third-order valence-corrected chi connectivity index (χ3v) is 6.57. The highest BCUT2D eigenvalue weighted by atomic mass is 35.5. The molecule has 0 bridgehead atoms. The van der Waals surface area contributed by atoms with Crippen molar-refractivity contribution in [3.05, 3.63) is 93.9 Å². The quantitative estimate of drug-likeness (QED) is 0.262. The number of amides is 1. The van der Waals surface area contributed by atoms with E-state index in [0.717, 1.165) is 28.1 Å². The molecule has 0 radical (unpaired) electrons. The van der Waals surface area contributed by atoms with Gasteiger partial charge in [-0.1, -0.05) is 65.8 Å². The molecule has 0 spiro atoms. The molecule has 2 heterocycles. The molecule has 5 rings (SSSR count). The number of benzene rings is 3.